The van der Waals surface area contributed by atoms with Gasteiger partial charge in [0.15, 0.2) is 5.43 Å². The first kappa shape index (κ1) is 12.8. The number of hydrogen-bond acceptors (Lipinski definition) is 4. The van der Waals surface area contributed by atoms with E-state index in [9.17, 15) is 9.59 Å². The molecular formula is C12H17N3O3. The molecule has 0 saturated carbocycles. The van der Waals surface area contributed by atoms with Crippen LogP contribution in [0.1, 0.15) is 16.1 Å². The van der Waals surface area contributed by atoms with E-state index < -0.39 is 0 Å². The number of nitrogens with one attached hydrogen (secondary N) is 3. The fourth-order valence-electron chi connectivity index (χ4n) is 1.81. The van der Waals surface area contributed by atoms with Crippen LogP contribution >= 0.6 is 0 Å². The number of carbonyl (C=O) groups excluding carboxylic acids is 1. The van der Waals surface area contributed by atoms with Crippen molar-refractivity contribution in [1.29, 1.82) is 0 Å². The summed E-state index contributed by atoms with van der Waals surface area (Å²) < 4.78 is 5.28. The molecule has 6 heteroatoms. The summed E-state index contributed by atoms with van der Waals surface area (Å²) in [7, 11) is 0. The summed E-state index contributed by atoms with van der Waals surface area (Å²) in [5.74, 6) is -0.358. The van der Waals surface area contributed by atoms with Crippen molar-refractivity contribution in [2.45, 2.75) is 13.0 Å². The van der Waals surface area contributed by atoms with Gasteiger partial charge < -0.3 is 20.4 Å². The van der Waals surface area contributed by atoms with Gasteiger partial charge in [0.05, 0.1) is 13.2 Å². The molecule has 0 aromatic carbocycles. The van der Waals surface area contributed by atoms with Crippen LogP contribution in [0.2, 0.25) is 0 Å². The van der Waals surface area contributed by atoms with Crippen LogP contribution in [-0.4, -0.2) is 43.2 Å². The van der Waals surface area contributed by atoms with E-state index in [-0.39, 0.29) is 22.9 Å². The average molecular weight is 251 g/mol. The topological polar surface area (TPSA) is 83.2 Å². The van der Waals surface area contributed by atoms with Crippen LogP contribution in [-0.2, 0) is 4.74 Å². The van der Waals surface area contributed by atoms with Crippen molar-refractivity contribution in [1.82, 2.24) is 15.6 Å². The summed E-state index contributed by atoms with van der Waals surface area (Å²) in [6.07, 6.45) is 1.44. The lowest BCUT2D eigenvalue weighted by Gasteiger charge is -2.23. The monoisotopic (exact) mass is 251 g/mol. The molecular weight excluding hydrogens is 234 g/mol. The third kappa shape index (κ3) is 3.18. The van der Waals surface area contributed by atoms with E-state index in [1.807, 2.05) is 0 Å². The largest absolute Gasteiger partial charge is 0.378 e. The lowest BCUT2D eigenvalue weighted by molar-refractivity contribution is 0.0734. The molecule has 1 saturated heterocycles. The van der Waals surface area contributed by atoms with Gasteiger partial charge in [-0.1, -0.05) is 0 Å². The molecule has 1 aliphatic heterocycles. The van der Waals surface area contributed by atoms with Crippen LogP contribution in [0.25, 0.3) is 0 Å². The van der Waals surface area contributed by atoms with Crippen molar-refractivity contribution in [3.8, 4) is 0 Å². The lowest BCUT2D eigenvalue weighted by atomic mass is 10.2. The van der Waals surface area contributed by atoms with Gasteiger partial charge in [0.1, 0.15) is 5.56 Å². The van der Waals surface area contributed by atoms with Gasteiger partial charge in [-0.15, -0.1) is 0 Å². The molecule has 1 amide bonds. The van der Waals surface area contributed by atoms with Crippen molar-refractivity contribution in [2.75, 3.05) is 26.3 Å². The fraction of sp³-hybridized carbons (Fsp3) is 0.500. The third-order valence-corrected chi connectivity index (χ3v) is 2.81. The van der Waals surface area contributed by atoms with Crippen LogP contribution < -0.4 is 16.1 Å². The molecule has 18 heavy (non-hydrogen) atoms. The number of hydrogen-bond donors (Lipinski definition) is 3. The van der Waals surface area contributed by atoms with Crippen molar-refractivity contribution < 1.29 is 9.53 Å². The average Bonchev–Trinajstić information content (AvgIpc) is 2.37. The van der Waals surface area contributed by atoms with Gasteiger partial charge in [0, 0.05) is 37.1 Å². The van der Waals surface area contributed by atoms with Gasteiger partial charge in [-0.2, -0.15) is 0 Å². The first-order valence-corrected chi connectivity index (χ1v) is 5.95. The number of pyridine rings is 1. The minimum absolute atomic E-state index is 0.104. The molecule has 1 aromatic rings. The van der Waals surface area contributed by atoms with Gasteiger partial charge in [-0.25, -0.2) is 0 Å². The van der Waals surface area contributed by atoms with Crippen molar-refractivity contribution >= 4 is 5.91 Å². The smallest absolute Gasteiger partial charge is 0.256 e. The van der Waals surface area contributed by atoms with Crippen LogP contribution in [0, 0.1) is 6.92 Å². The Balaban J connectivity index is 1.93. The number of amides is 1. The van der Waals surface area contributed by atoms with Crippen molar-refractivity contribution in [2.24, 2.45) is 0 Å². The van der Waals surface area contributed by atoms with Gasteiger partial charge in [-0.05, 0) is 6.92 Å². The number of aromatic amines is 1. The predicted molar refractivity (Wildman–Crippen MR) is 66.7 cm³/mol. The Hall–Kier alpha value is -1.66. The van der Waals surface area contributed by atoms with Gasteiger partial charge in [0.2, 0.25) is 0 Å². The molecule has 0 bridgehead atoms. The molecule has 1 fully saturated rings. The fourth-order valence-corrected chi connectivity index (χ4v) is 1.81. The minimum Gasteiger partial charge on any atom is -0.378 e. The Labute approximate surface area is 105 Å². The summed E-state index contributed by atoms with van der Waals surface area (Å²) >= 11 is 0. The summed E-state index contributed by atoms with van der Waals surface area (Å²) in [6, 6.07) is 1.52. The molecule has 1 unspecified atom stereocenters. The number of morpholine rings is 1. The SMILES string of the molecule is Cc1cc(=O)c(C(=O)NCC2COCCN2)c[nH]1. The molecule has 0 aliphatic carbocycles. The molecule has 3 N–H and O–H groups in total. The first-order chi connectivity index (χ1) is 8.66. The summed E-state index contributed by atoms with van der Waals surface area (Å²) in [5, 5.41) is 5.95. The van der Waals surface area contributed by atoms with Gasteiger partial charge in [-0.3, -0.25) is 9.59 Å². The van der Waals surface area contributed by atoms with Gasteiger partial charge >= 0.3 is 0 Å². The highest BCUT2D eigenvalue weighted by atomic mass is 16.5. The zero-order chi connectivity index (χ0) is 13.0. The van der Waals surface area contributed by atoms with E-state index in [2.05, 4.69) is 15.6 Å². The van der Waals surface area contributed by atoms with Crippen molar-refractivity contribution in [3.05, 3.63) is 33.7 Å². The normalized spacial score (nSPS) is 19.5. The Morgan fingerprint density at radius 1 is 1.61 bits per heavy atom. The molecule has 2 heterocycles. The van der Waals surface area contributed by atoms with E-state index in [0.29, 0.717) is 19.8 Å². The second kappa shape index (κ2) is 5.79. The molecule has 0 radical (unpaired) electrons. The van der Waals surface area contributed by atoms with E-state index in [1.54, 1.807) is 6.92 Å². The lowest BCUT2D eigenvalue weighted by Crippen LogP contribution is -2.48. The Kier molecular flexibility index (Phi) is 4.11. The summed E-state index contributed by atoms with van der Waals surface area (Å²) in [6.45, 7) is 4.27. The zero-order valence-electron chi connectivity index (χ0n) is 10.3. The molecule has 1 aromatic heterocycles. The van der Waals surface area contributed by atoms with E-state index in [1.165, 1.54) is 12.3 Å². The molecule has 0 spiro atoms. The third-order valence-electron chi connectivity index (χ3n) is 2.81. The van der Waals surface area contributed by atoms with Gasteiger partial charge in [0.25, 0.3) is 5.91 Å². The number of aryl methyl sites for hydroxylation is 1. The standard InChI is InChI=1S/C12H17N3O3/c1-8-4-11(16)10(6-14-8)12(17)15-5-9-7-18-3-2-13-9/h4,6,9,13H,2-3,5,7H2,1H3,(H,14,16)(H,15,17). The molecule has 98 valence electrons. The maximum atomic E-state index is 11.8. The summed E-state index contributed by atoms with van der Waals surface area (Å²) in [4.78, 5) is 26.3. The minimum atomic E-state index is -0.358. The first-order valence-electron chi connectivity index (χ1n) is 5.95. The van der Waals surface area contributed by atoms with E-state index in [4.69, 9.17) is 4.74 Å². The second-order valence-corrected chi connectivity index (χ2v) is 4.33. The Bertz CT molecular complexity index is 478. The number of rotatable bonds is 3. The molecule has 2 rings (SSSR count). The zero-order valence-corrected chi connectivity index (χ0v) is 10.3. The van der Waals surface area contributed by atoms with E-state index >= 15 is 0 Å². The number of aromatic nitrogens is 1. The number of carbonyl (C=O) groups is 1. The van der Waals surface area contributed by atoms with Crippen LogP contribution in [0.3, 0.4) is 0 Å². The van der Waals surface area contributed by atoms with Crippen LogP contribution in [0.4, 0.5) is 0 Å². The Morgan fingerprint density at radius 2 is 2.44 bits per heavy atom. The maximum absolute atomic E-state index is 11.8. The second-order valence-electron chi connectivity index (χ2n) is 4.33. The quantitative estimate of drug-likeness (QED) is 0.670. The highest BCUT2D eigenvalue weighted by Gasteiger charge is 2.15. The predicted octanol–water partition coefficient (Wildman–Crippen LogP) is -0.598. The van der Waals surface area contributed by atoms with Crippen molar-refractivity contribution in [3.63, 3.8) is 0 Å². The van der Waals surface area contributed by atoms with Crippen LogP contribution in [0.5, 0.6) is 0 Å². The molecule has 6 nitrogen and oxygen atoms in total. The highest BCUT2D eigenvalue weighted by molar-refractivity contribution is 5.93. The molecule has 1 aliphatic rings. The number of H-pyrrole nitrogens is 1. The maximum Gasteiger partial charge on any atom is 0.256 e. The van der Waals surface area contributed by atoms with E-state index in [0.717, 1.165) is 12.2 Å². The Morgan fingerprint density at radius 3 is 3.11 bits per heavy atom. The number of ether oxygens (including phenoxy) is 1. The highest BCUT2D eigenvalue weighted by Crippen LogP contribution is 1.94. The van der Waals surface area contributed by atoms with Crippen LogP contribution in [0.15, 0.2) is 17.1 Å². The summed E-state index contributed by atoms with van der Waals surface area (Å²) in [5.41, 5.74) is 0.604. The molecule has 1 atom stereocenters.